The third-order valence-corrected chi connectivity index (χ3v) is 4.61. The van der Waals surface area contributed by atoms with Gasteiger partial charge in [0, 0.05) is 19.3 Å². The van der Waals surface area contributed by atoms with Crippen molar-refractivity contribution in [3.8, 4) is 0 Å². The maximum atomic E-state index is 11.8. The number of anilines is 2. The van der Waals surface area contributed by atoms with Crippen LogP contribution in [0.5, 0.6) is 0 Å². The number of sulfone groups is 1. The Morgan fingerprint density at radius 1 is 1.35 bits per heavy atom. The van der Waals surface area contributed by atoms with Crippen LogP contribution < -0.4 is 10.2 Å². The number of amides is 1. The number of hydrogen-bond donors (Lipinski definition) is 1. The Bertz CT molecular complexity index is 551. The highest BCUT2D eigenvalue weighted by Crippen LogP contribution is 2.14. The molecule has 1 heterocycles. The maximum Gasteiger partial charge on any atom is 0.242 e. The van der Waals surface area contributed by atoms with Crippen LogP contribution in [0.2, 0.25) is 0 Å². The zero-order chi connectivity index (χ0) is 15.3. The third-order valence-electron chi connectivity index (χ3n) is 3.11. The maximum absolute atomic E-state index is 11.8. The standard InChI is InChI=1S/C13H21N3O3S/c1-5-16(6-2)12-8-7-11(9-14-12)15-13(17)10(3)20(4,18)19/h7-10H,5-6H2,1-4H3,(H,15,17). The Hall–Kier alpha value is -1.63. The minimum absolute atomic E-state index is 0.487. The summed E-state index contributed by atoms with van der Waals surface area (Å²) in [6.07, 6.45) is 2.57. The lowest BCUT2D eigenvalue weighted by molar-refractivity contribution is -0.115. The molecule has 0 bridgehead atoms. The smallest absolute Gasteiger partial charge is 0.242 e. The first-order valence-corrected chi connectivity index (χ1v) is 8.45. The lowest BCUT2D eigenvalue weighted by atomic mass is 10.3. The van der Waals surface area contributed by atoms with Gasteiger partial charge in [0.05, 0.1) is 11.9 Å². The molecule has 0 aromatic carbocycles. The van der Waals surface area contributed by atoms with Gasteiger partial charge in [-0.25, -0.2) is 13.4 Å². The number of aromatic nitrogens is 1. The van der Waals surface area contributed by atoms with Crippen molar-refractivity contribution in [1.82, 2.24) is 4.98 Å². The summed E-state index contributed by atoms with van der Waals surface area (Å²) in [5, 5.41) is 1.47. The Morgan fingerprint density at radius 3 is 2.35 bits per heavy atom. The topological polar surface area (TPSA) is 79.4 Å². The second-order valence-corrected chi connectivity index (χ2v) is 6.90. The van der Waals surface area contributed by atoms with Crippen molar-refractivity contribution in [1.29, 1.82) is 0 Å². The molecule has 0 spiro atoms. The van der Waals surface area contributed by atoms with E-state index in [1.165, 1.54) is 13.1 Å². The first-order chi connectivity index (χ1) is 9.29. The van der Waals surface area contributed by atoms with Gasteiger partial charge in [-0.3, -0.25) is 4.79 Å². The molecular weight excluding hydrogens is 278 g/mol. The van der Waals surface area contributed by atoms with E-state index in [2.05, 4.69) is 15.2 Å². The summed E-state index contributed by atoms with van der Waals surface area (Å²) in [6, 6.07) is 3.52. The average Bonchev–Trinajstić information content (AvgIpc) is 2.40. The van der Waals surface area contributed by atoms with Crippen LogP contribution in [0.4, 0.5) is 11.5 Å². The second-order valence-electron chi connectivity index (χ2n) is 4.54. The van der Waals surface area contributed by atoms with E-state index >= 15 is 0 Å². The molecular formula is C13H21N3O3S. The fraction of sp³-hybridized carbons (Fsp3) is 0.538. The molecule has 0 fully saturated rings. The van der Waals surface area contributed by atoms with Crippen LogP contribution in [0.25, 0.3) is 0 Å². The predicted molar refractivity (Wildman–Crippen MR) is 80.7 cm³/mol. The molecule has 0 aliphatic rings. The molecule has 0 aliphatic heterocycles. The molecule has 7 heteroatoms. The van der Waals surface area contributed by atoms with Crippen LogP contribution in [-0.4, -0.2) is 43.9 Å². The summed E-state index contributed by atoms with van der Waals surface area (Å²) in [4.78, 5) is 18.1. The molecule has 0 saturated heterocycles. The normalized spacial score (nSPS) is 12.8. The van der Waals surface area contributed by atoms with Gasteiger partial charge in [0.1, 0.15) is 11.1 Å². The fourth-order valence-corrected chi connectivity index (χ4v) is 2.08. The molecule has 0 saturated carbocycles. The number of carbonyl (C=O) groups is 1. The van der Waals surface area contributed by atoms with E-state index in [0.717, 1.165) is 25.2 Å². The Morgan fingerprint density at radius 2 is 1.95 bits per heavy atom. The summed E-state index contributed by atoms with van der Waals surface area (Å²) in [6.45, 7) is 7.13. The highest BCUT2D eigenvalue weighted by Gasteiger charge is 2.23. The van der Waals surface area contributed by atoms with Crippen molar-refractivity contribution in [2.45, 2.75) is 26.0 Å². The zero-order valence-electron chi connectivity index (χ0n) is 12.3. The van der Waals surface area contributed by atoms with Crippen molar-refractivity contribution in [3.05, 3.63) is 18.3 Å². The van der Waals surface area contributed by atoms with E-state index in [-0.39, 0.29) is 0 Å². The molecule has 6 nitrogen and oxygen atoms in total. The monoisotopic (exact) mass is 299 g/mol. The van der Waals surface area contributed by atoms with Gasteiger partial charge in [-0.15, -0.1) is 0 Å². The van der Waals surface area contributed by atoms with Crippen LogP contribution in [0.1, 0.15) is 20.8 Å². The third kappa shape index (κ3) is 4.19. The van der Waals surface area contributed by atoms with E-state index in [1.54, 1.807) is 12.1 Å². The van der Waals surface area contributed by atoms with Gasteiger partial charge in [0.2, 0.25) is 5.91 Å². The van der Waals surface area contributed by atoms with Crippen molar-refractivity contribution >= 4 is 27.2 Å². The van der Waals surface area contributed by atoms with Gasteiger partial charge in [-0.05, 0) is 32.9 Å². The summed E-state index contributed by atoms with van der Waals surface area (Å²) >= 11 is 0. The molecule has 1 atom stereocenters. The van der Waals surface area contributed by atoms with Gasteiger partial charge < -0.3 is 10.2 Å². The van der Waals surface area contributed by atoms with E-state index in [1.807, 2.05) is 13.8 Å². The van der Waals surface area contributed by atoms with E-state index in [0.29, 0.717) is 5.69 Å². The van der Waals surface area contributed by atoms with Crippen molar-refractivity contribution in [2.24, 2.45) is 0 Å². The predicted octanol–water partition coefficient (Wildman–Crippen LogP) is 1.30. The molecule has 1 N–H and O–H groups in total. The van der Waals surface area contributed by atoms with E-state index in [9.17, 15) is 13.2 Å². The second kappa shape index (κ2) is 6.69. The summed E-state index contributed by atoms with van der Waals surface area (Å²) in [5.74, 6) is 0.272. The molecule has 112 valence electrons. The Kier molecular flexibility index (Phi) is 5.50. The fourth-order valence-electron chi connectivity index (χ4n) is 1.63. The Balaban J connectivity index is 2.78. The van der Waals surface area contributed by atoms with Crippen molar-refractivity contribution in [3.63, 3.8) is 0 Å². The first-order valence-electron chi connectivity index (χ1n) is 6.50. The van der Waals surface area contributed by atoms with E-state index < -0.39 is 21.0 Å². The molecule has 0 radical (unpaired) electrons. The minimum atomic E-state index is -3.39. The lowest BCUT2D eigenvalue weighted by Gasteiger charge is -2.19. The van der Waals surface area contributed by atoms with Crippen LogP contribution in [-0.2, 0) is 14.6 Å². The van der Waals surface area contributed by atoms with Gasteiger partial charge in [0.25, 0.3) is 0 Å². The Labute approximate surface area is 120 Å². The highest BCUT2D eigenvalue weighted by molar-refractivity contribution is 7.92. The van der Waals surface area contributed by atoms with Crippen LogP contribution >= 0.6 is 0 Å². The first kappa shape index (κ1) is 16.4. The molecule has 1 aromatic heterocycles. The zero-order valence-corrected chi connectivity index (χ0v) is 13.1. The summed E-state index contributed by atoms with van der Waals surface area (Å²) in [5.41, 5.74) is 0.487. The summed E-state index contributed by atoms with van der Waals surface area (Å²) in [7, 11) is -3.39. The van der Waals surface area contributed by atoms with Crippen LogP contribution in [0, 0.1) is 0 Å². The lowest BCUT2D eigenvalue weighted by Crippen LogP contribution is -2.31. The number of nitrogens with zero attached hydrogens (tertiary/aromatic N) is 2. The summed E-state index contributed by atoms with van der Waals surface area (Å²) < 4.78 is 22.6. The number of nitrogens with one attached hydrogen (secondary N) is 1. The van der Waals surface area contributed by atoms with Crippen LogP contribution in [0.15, 0.2) is 18.3 Å². The van der Waals surface area contributed by atoms with Crippen molar-refractivity contribution < 1.29 is 13.2 Å². The molecule has 0 aliphatic carbocycles. The number of pyridine rings is 1. The van der Waals surface area contributed by atoms with Gasteiger partial charge in [-0.2, -0.15) is 0 Å². The number of hydrogen-bond acceptors (Lipinski definition) is 5. The molecule has 1 aromatic rings. The minimum Gasteiger partial charge on any atom is -0.357 e. The number of rotatable bonds is 6. The SMILES string of the molecule is CCN(CC)c1ccc(NC(=O)C(C)S(C)(=O)=O)cn1. The average molecular weight is 299 g/mol. The molecule has 1 rings (SSSR count). The molecule has 1 amide bonds. The quantitative estimate of drug-likeness (QED) is 0.856. The van der Waals surface area contributed by atoms with Crippen LogP contribution in [0.3, 0.4) is 0 Å². The highest BCUT2D eigenvalue weighted by atomic mass is 32.2. The molecule has 20 heavy (non-hydrogen) atoms. The van der Waals surface area contributed by atoms with Gasteiger partial charge in [-0.1, -0.05) is 0 Å². The largest absolute Gasteiger partial charge is 0.357 e. The van der Waals surface area contributed by atoms with Gasteiger partial charge in [0.15, 0.2) is 9.84 Å². The number of carbonyl (C=O) groups excluding carboxylic acids is 1. The van der Waals surface area contributed by atoms with Crippen molar-refractivity contribution in [2.75, 3.05) is 29.6 Å². The van der Waals surface area contributed by atoms with E-state index in [4.69, 9.17) is 0 Å². The van der Waals surface area contributed by atoms with Gasteiger partial charge >= 0.3 is 0 Å². The molecule has 1 unspecified atom stereocenters.